The van der Waals surface area contributed by atoms with E-state index in [9.17, 15) is 0 Å². The Morgan fingerprint density at radius 3 is 2.00 bits per heavy atom. The molecule has 0 heterocycles. The van der Waals surface area contributed by atoms with Gasteiger partial charge in [-0.05, 0) is 0 Å². The van der Waals surface area contributed by atoms with Crippen LogP contribution in [-0.4, -0.2) is 37.5 Å². The molecule has 0 aliphatic heterocycles. The molecular formula is C4H10O2PS2Tl. The Balaban J connectivity index is 3.83. The van der Waals surface area contributed by atoms with Crippen LogP contribution in [0.3, 0.4) is 0 Å². The van der Waals surface area contributed by atoms with Gasteiger partial charge in [0.2, 0.25) is 0 Å². The minimum absolute atomic E-state index is 0.664. The Bertz CT molecular complexity index is 122. The molecule has 0 rings (SSSR count). The molecule has 6 heteroatoms. The van der Waals surface area contributed by atoms with Crippen molar-refractivity contribution in [1.82, 2.24) is 0 Å². The molecule has 0 unspecified atom stereocenters. The van der Waals surface area contributed by atoms with Crippen LogP contribution in [0.25, 0.3) is 0 Å². The summed E-state index contributed by atoms with van der Waals surface area (Å²) in [5.74, 6) is 0. The molecule has 0 spiro atoms. The van der Waals surface area contributed by atoms with Crippen LogP contribution in [0.5, 0.6) is 0 Å². The molecule has 0 bridgehead atoms. The third-order valence-corrected chi connectivity index (χ3v) is 20.0. The molecule has 0 aromatic carbocycles. The van der Waals surface area contributed by atoms with Crippen molar-refractivity contribution in [1.29, 1.82) is 0 Å². The van der Waals surface area contributed by atoms with E-state index in [1.807, 2.05) is 13.8 Å². The van der Waals surface area contributed by atoms with E-state index < -0.39 is 5.69 Å². The second-order valence-corrected chi connectivity index (χ2v) is 14.6. The molecule has 0 N–H and O–H groups in total. The summed E-state index contributed by atoms with van der Waals surface area (Å²) < 4.78 is 10.7. The van der Waals surface area contributed by atoms with E-state index in [0.29, 0.717) is 13.2 Å². The van der Waals surface area contributed by atoms with Gasteiger partial charge in [0.1, 0.15) is 0 Å². The van der Waals surface area contributed by atoms with Gasteiger partial charge < -0.3 is 0 Å². The Hall–Kier alpha value is 1.84. The summed E-state index contributed by atoms with van der Waals surface area (Å²) in [6.07, 6.45) is 0. The summed E-state index contributed by atoms with van der Waals surface area (Å²) in [4.78, 5) is 0. The van der Waals surface area contributed by atoms with Crippen LogP contribution in [-0.2, 0) is 20.9 Å². The predicted molar refractivity (Wildman–Crippen MR) is 50.9 cm³/mol. The molecule has 58 valence electrons. The van der Waals surface area contributed by atoms with Crippen LogP contribution in [0.2, 0.25) is 0 Å². The van der Waals surface area contributed by atoms with Crippen LogP contribution >= 0.6 is 13.6 Å². The van der Waals surface area contributed by atoms with Crippen molar-refractivity contribution in [2.24, 2.45) is 0 Å². The van der Waals surface area contributed by atoms with Crippen molar-refractivity contribution >= 4 is 49.7 Å². The van der Waals surface area contributed by atoms with E-state index in [2.05, 4.69) is 0 Å². The zero-order chi connectivity index (χ0) is 8.04. The van der Waals surface area contributed by atoms with E-state index in [-0.39, 0.29) is 0 Å². The van der Waals surface area contributed by atoms with Crippen LogP contribution in [0, 0.1) is 0 Å². The maximum atomic E-state index is 5.33. The minimum atomic E-state index is -1.88. The summed E-state index contributed by atoms with van der Waals surface area (Å²) >= 11 is 5.97. The fourth-order valence-electron chi connectivity index (χ4n) is 0.414. The van der Waals surface area contributed by atoms with E-state index >= 15 is 0 Å². The zero-order valence-electron chi connectivity index (χ0n) is 6.07. The van der Waals surface area contributed by atoms with E-state index in [1.165, 1.54) is 0 Å². The first kappa shape index (κ1) is 11.8. The van der Waals surface area contributed by atoms with Gasteiger partial charge in [-0.15, -0.1) is 0 Å². The average molecular weight is 390 g/mol. The Morgan fingerprint density at radius 1 is 1.40 bits per heavy atom. The van der Waals surface area contributed by atoms with Gasteiger partial charge in [0.25, 0.3) is 0 Å². The molecule has 0 saturated heterocycles. The summed E-state index contributed by atoms with van der Waals surface area (Å²) in [6, 6.07) is 0. The molecule has 2 nitrogen and oxygen atoms in total. The molecule has 0 fully saturated rings. The first-order valence-corrected chi connectivity index (χ1v) is 12.6. The van der Waals surface area contributed by atoms with Crippen molar-refractivity contribution in [3.05, 3.63) is 0 Å². The molecular weight excluding hydrogens is 380 g/mol. The van der Waals surface area contributed by atoms with E-state index in [0.717, 1.165) is 24.3 Å². The fourth-order valence-corrected chi connectivity index (χ4v) is 7.13. The quantitative estimate of drug-likeness (QED) is 0.529. The van der Waals surface area contributed by atoms with Crippen LogP contribution in [0.4, 0.5) is 0 Å². The predicted octanol–water partition coefficient (Wildman–Crippen LogP) is 2.10. The average Bonchev–Trinajstić information content (AvgIpc) is 1.89. The summed E-state index contributed by atoms with van der Waals surface area (Å²) in [5.41, 5.74) is -1.88. The van der Waals surface area contributed by atoms with Crippen molar-refractivity contribution in [2.75, 3.05) is 13.2 Å². The van der Waals surface area contributed by atoms with Crippen molar-refractivity contribution in [2.45, 2.75) is 13.8 Å². The fraction of sp³-hybridized carbons (Fsp3) is 1.00. The molecule has 0 saturated carbocycles. The second kappa shape index (κ2) is 6.37. The molecule has 10 heavy (non-hydrogen) atoms. The van der Waals surface area contributed by atoms with Gasteiger partial charge in [-0.1, -0.05) is 0 Å². The molecule has 0 radical (unpaired) electrons. The zero-order valence-corrected chi connectivity index (χ0v) is 13.1. The second-order valence-electron chi connectivity index (χ2n) is 1.39. The maximum absolute atomic E-state index is 5.33. The Labute approximate surface area is 85.2 Å². The molecule has 0 atom stereocenters. The molecule has 0 aromatic rings. The third kappa shape index (κ3) is 4.67. The molecule has 0 aromatic heterocycles. The SMILES string of the molecule is CCOP(=S)(OCC)[S][Tl]. The summed E-state index contributed by atoms with van der Waals surface area (Å²) in [7, 11) is 1.67. The molecule has 0 amide bonds. The van der Waals surface area contributed by atoms with Crippen molar-refractivity contribution < 1.29 is 9.05 Å². The third-order valence-electron chi connectivity index (χ3n) is 0.704. The summed E-state index contributed by atoms with van der Waals surface area (Å²) in [5, 5.41) is 0. The molecule has 0 aliphatic carbocycles. The van der Waals surface area contributed by atoms with Crippen LogP contribution in [0.1, 0.15) is 13.8 Å². The van der Waals surface area contributed by atoms with Gasteiger partial charge in [-0.2, -0.15) is 0 Å². The van der Waals surface area contributed by atoms with Gasteiger partial charge in [-0.3, -0.25) is 0 Å². The van der Waals surface area contributed by atoms with Crippen LogP contribution in [0.15, 0.2) is 0 Å². The van der Waals surface area contributed by atoms with Crippen molar-refractivity contribution in [3.8, 4) is 0 Å². The van der Waals surface area contributed by atoms with Gasteiger partial charge >= 0.3 is 85.8 Å². The first-order chi connectivity index (χ1) is 4.68. The molecule has 0 aliphatic rings. The number of hydrogen-bond acceptors (Lipinski definition) is 4. The van der Waals surface area contributed by atoms with Gasteiger partial charge in [0.05, 0.1) is 0 Å². The topological polar surface area (TPSA) is 18.5 Å². The number of hydrogen-bond donors (Lipinski definition) is 0. The standard InChI is InChI=1S/C4H11O2PS2.Tl/c1-3-5-7(8,9)6-4-2;/h3-4H2,1-2H3,(H,8,9);/q;+1/p-1. The number of rotatable bonds is 5. The Morgan fingerprint density at radius 2 is 1.80 bits per heavy atom. The monoisotopic (exact) mass is 390 g/mol. The summed E-state index contributed by atoms with van der Waals surface area (Å²) in [6.45, 7) is 5.22. The van der Waals surface area contributed by atoms with Crippen LogP contribution < -0.4 is 0 Å². The van der Waals surface area contributed by atoms with Crippen molar-refractivity contribution in [3.63, 3.8) is 0 Å². The van der Waals surface area contributed by atoms with E-state index in [4.69, 9.17) is 20.9 Å². The van der Waals surface area contributed by atoms with Gasteiger partial charge in [-0.25, -0.2) is 0 Å². The van der Waals surface area contributed by atoms with E-state index in [1.54, 1.807) is 7.93 Å². The van der Waals surface area contributed by atoms with Gasteiger partial charge in [0.15, 0.2) is 0 Å². The Kier molecular flexibility index (Phi) is 7.54. The van der Waals surface area contributed by atoms with Gasteiger partial charge in [0, 0.05) is 0 Å². The normalized spacial score (nSPS) is 11.7. The first-order valence-electron chi connectivity index (χ1n) is 2.96.